The number of ether oxygens (including phenoxy) is 2. The van der Waals surface area contributed by atoms with Crippen LogP contribution >= 0.6 is 0 Å². The van der Waals surface area contributed by atoms with Crippen LogP contribution in [0.2, 0.25) is 0 Å². The zero-order chi connectivity index (χ0) is 22.5. The second kappa shape index (κ2) is 13.2. The highest BCUT2D eigenvalue weighted by Crippen LogP contribution is 2.16. The summed E-state index contributed by atoms with van der Waals surface area (Å²) in [4.78, 5) is 48.1. The molecule has 3 amide bonds. The van der Waals surface area contributed by atoms with E-state index in [-0.39, 0.29) is 44.4 Å². The minimum atomic E-state index is -1.19. The second-order valence-corrected chi connectivity index (χ2v) is 7.04. The van der Waals surface area contributed by atoms with Gasteiger partial charge in [0.05, 0.1) is 19.6 Å². The van der Waals surface area contributed by atoms with Crippen molar-refractivity contribution in [3.8, 4) is 5.75 Å². The largest absolute Gasteiger partial charge is 0.492 e. The summed E-state index contributed by atoms with van der Waals surface area (Å²) in [5.74, 6) is -2.49. The molecule has 0 heterocycles. The van der Waals surface area contributed by atoms with Crippen molar-refractivity contribution in [3.05, 3.63) is 30.3 Å². The first kappa shape index (κ1) is 24.9. The van der Waals surface area contributed by atoms with Crippen molar-refractivity contribution in [2.75, 3.05) is 19.8 Å². The Bertz CT molecular complexity index is 708. The van der Waals surface area contributed by atoms with Gasteiger partial charge in [-0.2, -0.15) is 0 Å². The number of nitrogens with one attached hydrogen (secondary N) is 2. The number of benzene rings is 1. The SMILES string of the molecule is CCOC(=O)CC(NC(=O)C(CC(=O)NCCOc1ccccc1)C(C)C)C(N)=O. The Morgan fingerprint density at radius 2 is 1.73 bits per heavy atom. The van der Waals surface area contributed by atoms with Crippen LogP contribution in [-0.2, 0) is 23.9 Å². The van der Waals surface area contributed by atoms with E-state index in [1.165, 1.54) is 0 Å². The highest BCUT2D eigenvalue weighted by molar-refractivity contribution is 5.92. The molecule has 0 fully saturated rings. The zero-order valence-corrected chi connectivity index (χ0v) is 17.7. The fourth-order valence-corrected chi connectivity index (χ4v) is 2.67. The summed E-state index contributed by atoms with van der Waals surface area (Å²) in [5, 5.41) is 5.17. The second-order valence-electron chi connectivity index (χ2n) is 7.04. The van der Waals surface area contributed by atoms with Gasteiger partial charge in [0.1, 0.15) is 18.4 Å². The molecule has 30 heavy (non-hydrogen) atoms. The smallest absolute Gasteiger partial charge is 0.308 e. The van der Waals surface area contributed by atoms with Gasteiger partial charge in [-0.3, -0.25) is 19.2 Å². The number of para-hydroxylation sites is 1. The van der Waals surface area contributed by atoms with Gasteiger partial charge in [-0.25, -0.2) is 0 Å². The van der Waals surface area contributed by atoms with Gasteiger partial charge >= 0.3 is 5.97 Å². The Kier molecular flexibility index (Phi) is 11.0. The fourth-order valence-electron chi connectivity index (χ4n) is 2.67. The molecule has 1 rings (SSSR count). The normalized spacial score (nSPS) is 12.5. The quantitative estimate of drug-likeness (QED) is 0.318. The van der Waals surface area contributed by atoms with Gasteiger partial charge in [0.15, 0.2) is 0 Å². The molecule has 0 bridgehead atoms. The molecule has 4 N–H and O–H groups in total. The van der Waals surface area contributed by atoms with Gasteiger partial charge in [0, 0.05) is 12.3 Å². The predicted octanol–water partition coefficient (Wildman–Crippen LogP) is 0.767. The number of rotatable bonds is 13. The lowest BCUT2D eigenvalue weighted by molar-refractivity contribution is -0.145. The van der Waals surface area contributed by atoms with Crippen molar-refractivity contribution in [2.45, 2.75) is 39.7 Å². The molecule has 0 spiro atoms. The summed E-state index contributed by atoms with van der Waals surface area (Å²) in [6.07, 6.45) is -0.428. The van der Waals surface area contributed by atoms with Crippen LogP contribution in [0.15, 0.2) is 30.3 Å². The van der Waals surface area contributed by atoms with E-state index in [1.807, 2.05) is 30.3 Å². The maximum absolute atomic E-state index is 12.6. The summed E-state index contributed by atoms with van der Waals surface area (Å²) in [5.41, 5.74) is 5.28. The third kappa shape index (κ3) is 9.40. The van der Waals surface area contributed by atoms with E-state index >= 15 is 0 Å². The minimum absolute atomic E-state index is 0.0697. The van der Waals surface area contributed by atoms with E-state index in [4.69, 9.17) is 15.2 Å². The number of esters is 1. The van der Waals surface area contributed by atoms with Crippen molar-refractivity contribution in [2.24, 2.45) is 17.6 Å². The molecule has 9 heteroatoms. The van der Waals surface area contributed by atoms with Crippen LogP contribution in [-0.4, -0.2) is 49.5 Å². The van der Waals surface area contributed by atoms with Gasteiger partial charge in [0.2, 0.25) is 17.7 Å². The topological polar surface area (TPSA) is 137 Å². The van der Waals surface area contributed by atoms with E-state index in [0.29, 0.717) is 5.75 Å². The van der Waals surface area contributed by atoms with E-state index in [2.05, 4.69) is 10.6 Å². The van der Waals surface area contributed by atoms with Crippen molar-refractivity contribution < 1.29 is 28.7 Å². The molecule has 0 aliphatic carbocycles. The summed E-state index contributed by atoms with van der Waals surface area (Å²) < 4.78 is 10.3. The predicted molar refractivity (Wildman–Crippen MR) is 110 cm³/mol. The minimum Gasteiger partial charge on any atom is -0.492 e. The highest BCUT2D eigenvalue weighted by Gasteiger charge is 2.29. The van der Waals surface area contributed by atoms with Gasteiger partial charge in [0.25, 0.3) is 0 Å². The van der Waals surface area contributed by atoms with E-state index in [9.17, 15) is 19.2 Å². The number of primary amides is 1. The van der Waals surface area contributed by atoms with E-state index in [1.54, 1.807) is 20.8 Å². The Morgan fingerprint density at radius 3 is 2.30 bits per heavy atom. The molecule has 9 nitrogen and oxygen atoms in total. The van der Waals surface area contributed by atoms with Crippen LogP contribution in [0.3, 0.4) is 0 Å². The summed E-state index contributed by atoms with van der Waals surface area (Å²) in [6, 6.07) is 8.00. The first-order chi connectivity index (χ1) is 14.2. The van der Waals surface area contributed by atoms with Crippen molar-refractivity contribution >= 4 is 23.7 Å². The Hall–Kier alpha value is -3.10. The van der Waals surface area contributed by atoms with Crippen LogP contribution in [0.1, 0.15) is 33.6 Å². The fraction of sp³-hybridized carbons (Fsp3) is 0.524. The van der Waals surface area contributed by atoms with Gasteiger partial charge in [-0.1, -0.05) is 32.0 Å². The molecule has 1 aromatic carbocycles. The van der Waals surface area contributed by atoms with Crippen molar-refractivity contribution in [1.82, 2.24) is 10.6 Å². The molecule has 2 unspecified atom stereocenters. The third-order valence-corrected chi connectivity index (χ3v) is 4.32. The number of hydrogen-bond donors (Lipinski definition) is 3. The molecule has 0 aromatic heterocycles. The van der Waals surface area contributed by atoms with Gasteiger partial charge in [-0.15, -0.1) is 0 Å². The number of hydrogen-bond acceptors (Lipinski definition) is 6. The van der Waals surface area contributed by atoms with E-state index < -0.39 is 29.7 Å². The zero-order valence-electron chi connectivity index (χ0n) is 17.7. The third-order valence-electron chi connectivity index (χ3n) is 4.32. The Balaban J connectivity index is 2.53. The van der Waals surface area contributed by atoms with Crippen LogP contribution in [0.4, 0.5) is 0 Å². The molecule has 0 radical (unpaired) electrons. The van der Waals surface area contributed by atoms with Crippen molar-refractivity contribution in [3.63, 3.8) is 0 Å². The van der Waals surface area contributed by atoms with Gasteiger partial charge < -0.3 is 25.8 Å². The molecule has 0 saturated carbocycles. The number of carbonyl (C=O) groups is 4. The lowest BCUT2D eigenvalue weighted by Crippen LogP contribution is -2.49. The Labute approximate surface area is 176 Å². The average molecular weight is 421 g/mol. The molecule has 0 saturated heterocycles. The standard InChI is InChI=1S/C21H31N3O6/c1-4-29-19(26)13-17(20(22)27)24-21(28)16(14(2)3)12-18(25)23-10-11-30-15-8-6-5-7-9-15/h5-9,14,16-17H,4,10-13H2,1-3H3,(H2,22,27)(H,23,25)(H,24,28). The Morgan fingerprint density at radius 1 is 1.07 bits per heavy atom. The number of amides is 3. The molecule has 0 aliphatic heterocycles. The molecule has 166 valence electrons. The van der Waals surface area contributed by atoms with Crippen LogP contribution in [0.5, 0.6) is 5.75 Å². The summed E-state index contributed by atoms with van der Waals surface area (Å²) in [6.45, 7) is 5.95. The first-order valence-electron chi connectivity index (χ1n) is 9.94. The highest BCUT2D eigenvalue weighted by atomic mass is 16.5. The van der Waals surface area contributed by atoms with E-state index in [0.717, 1.165) is 0 Å². The van der Waals surface area contributed by atoms with Gasteiger partial charge in [-0.05, 0) is 25.0 Å². The average Bonchev–Trinajstić information content (AvgIpc) is 2.69. The molecular formula is C21H31N3O6. The number of nitrogens with two attached hydrogens (primary N) is 1. The van der Waals surface area contributed by atoms with Crippen LogP contribution in [0.25, 0.3) is 0 Å². The summed E-state index contributed by atoms with van der Waals surface area (Å²) in [7, 11) is 0. The molecular weight excluding hydrogens is 390 g/mol. The lowest BCUT2D eigenvalue weighted by atomic mass is 9.90. The monoisotopic (exact) mass is 421 g/mol. The number of carbonyl (C=O) groups excluding carboxylic acids is 4. The first-order valence-corrected chi connectivity index (χ1v) is 9.94. The molecule has 0 aliphatic rings. The van der Waals surface area contributed by atoms with Crippen LogP contribution < -0.4 is 21.1 Å². The van der Waals surface area contributed by atoms with Crippen LogP contribution in [0, 0.1) is 11.8 Å². The maximum Gasteiger partial charge on any atom is 0.308 e. The maximum atomic E-state index is 12.6. The summed E-state index contributed by atoms with van der Waals surface area (Å²) >= 11 is 0. The molecule has 2 atom stereocenters. The lowest BCUT2D eigenvalue weighted by Gasteiger charge is -2.23. The van der Waals surface area contributed by atoms with Crippen molar-refractivity contribution in [1.29, 1.82) is 0 Å². The molecule has 1 aromatic rings.